The summed E-state index contributed by atoms with van der Waals surface area (Å²) in [5.74, 6) is -0.464. The van der Waals surface area contributed by atoms with Gasteiger partial charge in [0.25, 0.3) is 5.56 Å². The molecule has 2 heterocycles. The second kappa shape index (κ2) is 10.1. The zero-order chi connectivity index (χ0) is 25.2. The van der Waals surface area contributed by atoms with Crippen LogP contribution in [0, 0.1) is 0 Å². The highest BCUT2D eigenvalue weighted by atomic mass is 79.9. The van der Waals surface area contributed by atoms with Gasteiger partial charge >= 0.3 is 5.97 Å². The first-order valence-corrected chi connectivity index (χ1v) is 12.9. The number of rotatable bonds is 5. The number of fused-ring (bicyclic) bond motifs is 1. The fraction of sp³-hybridized carbons (Fsp3) is 0.107. The highest BCUT2D eigenvalue weighted by Gasteiger charge is 2.35. The average Bonchev–Trinajstić information content (AvgIpc) is 3.21. The van der Waals surface area contributed by atoms with Gasteiger partial charge in [0.2, 0.25) is 0 Å². The highest BCUT2D eigenvalue weighted by molar-refractivity contribution is 9.10. The van der Waals surface area contributed by atoms with Crippen molar-refractivity contribution in [3.8, 4) is 5.75 Å². The fourth-order valence-electron chi connectivity index (χ4n) is 4.17. The average molecular weight is 561 g/mol. The Morgan fingerprint density at radius 1 is 1.11 bits per heavy atom. The molecule has 1 atom stereocenters. The Bertz CT molecular complexity index is 1660. The van der Waals surface area contributed by atoms with E-state index in [0.29, 0.717) is 26.2 Å². The van der Waals surface area contributed by atoms with Crippen molar-refractivity contribution >= 4 is 45.0 Å². The molecular formula is C28H21BrN2O4S. The Morgan fingerprint density at radius 3 is 2.50 bits per heavy atom. The summed E-state index contributed by atoms with van der Waals surface area (Å²) in [7, 11) is 0. The Kier molecular flexibility index (Phi) is 6.71. The van der Waals surface area contributed by atoms with Crippen LogP contribution in [0.25, 0.3) is 11.8 Å². The van der Waals surface area contributed by atoms with Crippen LogP contribution in [0.5, 0.6) is 5.75 Å². The van der Waals surface area contributed by atoms with Gasteiger partial charge in [-0.25, -0.2) is 9.79 Å². The van der Waals surface area contributed by atoms with Crippen molar-refractivity contribution in [2.75, 3.05) is 6.61 Å². The molecule has 3 aromatic carbocycles. The van der Waals surface area contributed by atoms with E-state index in [9.17, 15) is 14.7 Å². The first kappa shape index (κ1) is 24.0. The lowest BCUT2D eigenvalue weighted by Crippen LogP contribution is -2.39. The monoisotopic (exact) mass is 560 g/mol. The van der Waals surface area contributed by atoms with Crippen molar-refractivity contribution in [1.82, 2.24) is 4.57 Å². The largest absolute Gasteiger partial charge is 0.507 e. The van der Waals surface area contributed by atoms with Crippen LogP contribution >= 0.6 is 27.3 Å². The molecule has 0 unspecified atom stereocenters. The van der Waals surface area contributed by atoms with Gasteiger partial charge in [0.05, 0.1) is 28.5 Å². The van der Waals surface area contributed by atoms with Crippen molar-refractivity contribution in [2.45, 2.75) is 13.0 Å². The third kappa shape index (κ3) is 4.45. The molecule has 36 heavy (non-hydrogen) atoms. The molecule has 1 aliphatic heterocycles. The maximum atomic E-state index is 13.8. The van der Waals surface area contributed by atoms with Gasteiger partial charge in [0.1, 0.15) is 5.75 Å². The molecular weight excluding hydrogens is 540 g/mol. The number of hydrogen-bond donors (Lipinski definition) is 1. The fourth-order valence-corrected chi connectivity index (χ4v) is 5.54. The van der Waals surface area contributed by atoms with Crippen LogP contribution in [0.2, 0.25) is 0 Å². The molecule has 0 fully saturated rings. The number of aromatic nitrogens is 1. The number of phenols is 1. The van der Waals surface area contributed by atoms with Crippen LogP contribution in [0.1, 0.15) is 29.7 Å². The first-order chi connectivity index (χ1) is 17.5. The number of nitrogens with zero attached hydrogens (tertiary/aromatic N) is 2. The minimum Gasteiger partial charge on any atom is -0.507 e. The van der Waals surface area contributed by atoms with Crippen molar-refractivity contribution in [3.63, 3.8) is 0 Å². The van der Waals surface area contributed by atoms with E-state index in [4.69, 9.17) is 9.73 Å². The summed E-state index contributed by atoms with van der Waals surface area (Å²) < 4.78 is 8.16. The molecule has 1 aliphatic rings. The molecule has 8 heteroatoms. The minimum absolute atomic E-state index is 0.0563. The van der Waals surface area contributed by atoms with Crippen LogP contribution in [0.15, 0.2) is 98.7 Å². The molecule has 5 rings (SSSR count). The summed E-state index contributed by atoms with van der Waals surface area (Å²) in [5, 5.41) is 10.3. The molecule has 6 nitrogen and oxygen atoms in total. The maximum absolute atomic E-state index is 13.8. The summed E-state index contributed by atoms with van der Waals surface area (Å²) in [5.41, 5.74) is 2.49. The van der Waals surface area contributed by atoms with Gasteiger partial charge in [-0.2, -0.15) is 0 Å². The summed E-state index contributed by atoms with van der Waals surface area (Å²) in [6.07, 6.45) is 1.64. The minimum atomic E-state index is -0.727. The predicted molar refractivity (Wildman–Crippen MR) is 143 cm³/mol. The quantitative estimate of drug-likeness (QED) is 0.367. The summed E-state index contributed by atoms with van der Waals surface area (Å²) in [4.78, 5) is 32.4. The van der Waals surface area contributed by atoms with E-state index in [1.54, 1.807) is 35.8 Å². The predicted octanol–water partition coefficient (Wildman–Crippen LogP) is 4.40. The molecule has 0 saturated carbocycles. The van der Waals surface area contributed by atoms with E-state index < -0.39 is 12.0 Å². The van der Waals surface area contributed by atoms with Crippen LogP contribution in [0.4, 0.5) is 0 Å². The number of carbonyl (C=O) groups excluding carboxylic acids is 1. The molecule has 1 N–H and O–H groups in total. The van der Waals surface area contributed by atoms with E-state index >= 15 is 0 Å². The SMILES string of the molecule is CCOC(=O)C1=C(c2ccccc2)N=c2s/c(=C\c3cc(Br)ccc3O)c(=O)n2[C@H]1c1ccccc1. The van der Waals surface area contributed by atoms with E-state index in [-0.39, 0.29) is 17.9 Å². The van der Waals surface area contributed by atoms with E-state index in [2.05, 4.69) is 15.9 Å². The molecule has 180 valence electrons. The standard InChI is InChI=1S/C28H21BrN2O4S/c1-2-35-27(34)23-24(17-9-5-3-6-10-17)30-28-31(25(23)18-11-7-4-8-12-18)26(33)22(36-28)16-19-15-20(29)13-14-21(19)32/h3-16,25,32H,2H2,1H3/b22-16-/t25-/m0/s1. The Morgan fingerprint density at radius 2 is 1.81 bits per heavy atom. The smallest absolute Gasteiger partial charge is 0.338 e. The van der Waals surface area contributed by atoms with Gasteiger partial charge in [-0.15, -0.1) is 0 Å². The van der Waals surface area contributed by atoms with Crippen LogP contribution < -0.4 is 14.9 Å². The van der Waals surface area contributed by atoms with Crippen molar-refractivity contribution in [1.29, 1.82) is 0 Å². The summed E-state index contributed by atoms with van der Waals surface area (Å²) in [6.45, 7) is 1.94. The van der Waals surface area contributed by atoms with Crippen LogP contribution in [-0.4, -0.2) is 22.2 Å². The first-order valence-electron chi connectivity index (χ1n) is 11.3. The van der Waals surface area contributed by atoms with Crippen molar-refractivity contribution in [2.24, 2.45) is 4.99 Å². The highest BCUT2D eigenvalue weighted by Crippen LogP contribution is 2.35. The molecule has 0 amide bonds. The molecule has 1 aromatic heterocycles. The topological polar surface area (TPSA) is 80.9 Å². The summed E-state index contributed by atoms with van der Waals surface area (Å²) >= 11 is 4.62. The number of esters is 1. The van der Waals surface area contributed by atoms with Crippen molar-refractivity contribution in [3.05, 3.63) is 125 Å². The lowest BCUT2D eigenvalue weighted by molar-refractivity contribution is -0.138. The number of hydrogen-bond acceptors (Lipinski definition) is 6. The van der Waals surface area contributed by atoms with Gasteiger partial charge in [-0.1, -0.05) is 87.9 Å². The second-order valence-electron chi connectivity index (χ2n) is 8.05. The Balaban J connectivity index is 1.84. The number of benzene rings is 3. The van der Waals surface area contributed by atoms with E-state index in [0.717, 1.165) is 15.6 Å². The number of ether oxygens (including phenoxy) is 1. The number of thiazole rings is 1. The van der Waals surface area contributed by atoms with E-state index in [1.165, 1.54) is 11.3 Å². The van der Waals surface area contributed by atoms with E-state index in [1.807, 2.05) is 60.7 Å². The summed E-state index contributed by atoms with van der Waals surface area (Å²) in [6, 6.07) is 23.1. The van der Waals surface area contributed by atoms with Crippen LogP contribution in [0.3, 0.4) is 0 Å². The van der Waals surface area contributed by atoms with Gasteiger partial charge in [0.15, 0.2) is 4.80 Å². The number of phenolic OH excluding ortho intramolecular Hbond substituents is 1. The van der Waals surface area contributed by atoms with Gasteiger partial charge in [-0.05, 0) is 36.8 Å². The third-order valence-electron chi connectivity index (χ3n) is 5.77. The van der Waals surface area contributed by atoms with Crippen molar-refractivity contribution < 1.29 is 14.6 Å². The number of halogens is 1. The third-order valence-corrected chi connectivity index (χ3v) is 7.24. The normalized spacial score (nSPS) is 15.4. The molecule has 0 spiro atoms. The van der Waals surface area contributed by atoms with Crippen LogP contribution in [-0.2, 0) is 9.53 Å². The molecule has 4 aromatic rings. The lowest BCUT2D eigenvalue weighted by Gasteiger charge is -2.25. The zero-order valence-corrected chi connectivity index (χ0v) is 21.6. The van der Waals surface area contributed by atoms with Gasteiger partial charge in [-0.3, -0.25) is 9.36 Å². The lowest BCUT2D eigenvalue weighted by atomic mass is 9.93. The van der Waals surface area contributed by atoms with Gasteiger partial charge < -0.3 is 9.84 Å². The zero-order valence-electron chi connectivity index (χ0n) is 19.2. The number of aromatic hydroxyl groups is 1. The number of carbonyl (C=O) groups is 1. The molecule has 0 radical (unpaired) electrons. The van der Waals surface area contributed by atoms with Gasteiger partial charge in [0, 0.05) is 15.6 Å². The Hall–Kier alpha value is -3.75. The molecule has 0 bridgehead atoms. The Labute approximate surface area is 219 Å². The second-order valence-corrected chi connectivity index (χ2v) is 9.97. The molecule has 0 saturated heterocycles. The molecule has 0 aliphatic carbocycles. The maximum Gasteiger partial charge on any atom is 0.338 e.